The number of nitrogens with one attached hydrogen (secondary N) is 1. The minimum absolute atomic E-state index is 0.0564. The zero-order chi connectivity index (χ0) is 21.9. The van der Waals surface area contributed by atoms with Crippen LogP contribution >= 0.6 is 11.3 Å². The quantitative estimate of drug-likeness (QED) is 0.721. The topological polar surface area (TPSA) is 49.4 Å². The van der Waals surface area contributed by atoms with E-state index in [4.69, 9.17) is 0 Å². The third kappa shape index (κ3) is 5.41. The number of rotatable bonds is 6. The minimum atomic E-state index is -4.41. The Morgan fingerprint density at radius 1 is 1.13 bits per heavy atom. The lowest BCUT2D eigenvalue weighted by molar-refractivity contribution is -0.137. The van der Waals surface area contributed by atoms with Gasteiger partial charge in [0.25, 0.3) is 0 Å². The molecule has 30 heavy (non-hydrogen) atoms. The molecule has 1 aliphatic heterocycles. The van der Waals surface area contributed by atoms with Gasteiger partial charge in [0.1, 0.15) is 0 Å². The molecule has 1 aromatic heterocycles. The second-order valence-electron chi connectivity index (χ2n) is 8.17. The average Bonchev–Trinajstić information content (AvgIpc) is 3.18. The molecule has 0 atom stereocenters. The van der Waals surface area contributed by atoms with Crippen molar-refractivity contribution in [1.82, 2.24) is 10.2 Å². The zero-order valence-corrected chi connectivity index (χ0v) is 17.8. The maximum absolute atomic E-state index is 13.0. The molecule has 0 saturated carbocycles. The van der Waals surface area contributed by atoms with Gasteiger partial charge in [0, 0.05) is 42.8 Å². The molecule has 3 rings (SSSR count). The molecular weight excluding hydrogens is 413 g/mol. The van der Waals surface area contributed by atoms with E-state index < -0.39 is 17.2 Å². The summed E-state index contributed by atoms with van der Waals surface area (Å²) in [5.41, 5.74) is 0.282. The number of alkyl halides is 3. The molecule has 0 aliphatic carbocycles. The fourth-order valence-corrected chi connectivity index (χ4v) is 4.36. The Kier molecular flexibility index (Phi) is 6.55. The van der Waals surface area contributed by atoms with Gasteiger partial charge in [0.15, 0.2) is 0 Å². The highest BCUT2D eigenvalue weighted by Gasteiger charge is 2.32. The maximum Gasteiger partial charge on any atom is 0.416 e. The SMILES string of the molecule is CC(C)(CNC(=O)CCC(=O)N1CCc2sccc2C1)c1cccc(C(F)(F)F)c1. The van der Waals surface area contributed by atoms with E-state index in [0.29, 0.717) is 18.7 Å². The Hall–Kier alpha value is -2.35. The molecule has 2 aromatic rings. The lowest BCUT2D eigenvalue weighted by Crippen LogP contribution is -2.38. The normalized spacial score (nSPS) is 14.4. The Balaban J connectivity index is 1.49. The molecule has 1 aliphatic rings. The molecule has 0 radical (unpaired) electrons. The van der Waals surface area contributed by atoms with Gasteiger partial charge < -0.3 is 10.2 Å². The predicted octanol–water partition coefficient (Wildman–Crippen LogP) is 4.53. The molecule has 0 spiro atoms. The van der Waals surface area contributed by atoms with Crippen LogP contribution in [0.5, 0.6) is 0 Å². The Morgan fingerprint density at radius 3 is 2.60 bits per heavy atom. The second-order valence-corrected chi connectivity index (χ2v) is 9.17. The van der Waals surface area contributed by atoms with Crippen molar-refractivity contribution in [3.63, 3.8) is 0 Å². The van der Waals surface area contributed by atoms with Gasteiger partial charge in [-0.1, -0.05) is 32.0 Å². The van der Waals surface area contributed by atoms with Crippen LogP contribution in [0.2, 0.25) is 0 Å². The van der Waals surface area contributed by atoms with Crippen LogP contribution in [0, 0.1) is 0 Å². The van der Waals surface area contributed by atoms with E-state index in [1.807, 2.05) is 11.4 Å². The van der Waals surface area contributed by atoms with Crippen molar-refractivity contribution in [2.24, 2.45) is 0 Å². The number of nitrogens with zero attached hydrogens (tertiary/aromatic N) is 1. The third-order valence-electron chi connectivity index (χ3n) is 5.43. The van der Waals surface area contributed by atoms with Crippen LogP contribution in [0.25, 0.3) is 0 Å². The van der Waals surface area contributed by atoms with Gasteiger partial charge in [0.2, 0.25) is 11.8 Å². The van der Waals surface area contributed by atoms with Crippen LogP contribution in [0.1, 0.15) is 48.3 Å². The monoisotopic (exact) mass is 438 g/mol. The molecule has 8 heteroatoms. The van der Waals surface area contributed by atoms with Crippen LogP contribution in [0.3, 0.4) is 0 Å². The van der Waals surface area contributed by atoms with Gasteiger partial charge in [0.05, 0.1) is 5.56 Å². The molecule has 4 nitrogen and oxygen atoms in total. The first-order valence-corrected chi connectivity index (χ1v) is 10.7. The van der Waals surface area contributed by atoms with Crippen molar-refractivity contribution in [1.29, 1.82) is 0 Å². The Labute approximate surface area is 178 Å². The molecule has 1 N–H and O–H groups in total. The molecule has 1 aromatic carbocycles. The first kappa shape index (κ1) is 22.3. The molecule has 2 amide bonds. The smallest absolute Gasteiger partial charge is 0.355 e. The Bertz CT molecular complexity index is 921. The van der Waals surface area contributed by atoms with E-state index >= 15 is 0 Å². The molecule has 2 heterocycles. The molecule has 162 valence electrons. The number of fused-ring (bicyclic) bond motifs is 1. The number of hydrogen-bond donors (Lipinski definition) is 1. The first-order chi connectivity index (χ1) is 14.1. The van der Waals surface area contributed by atoms with Gasteiger partial charge in [-0.05, 0) is 35.1 Å². The maximum atomic E-state index is 13.0. The van der Waals surface area contributed by atoms with E-state index in [9.17, 15) is 22.8 Å². The van der Waals surface area contributed by atoms with Crippen molar-refractivity contribution in [3.05, 3.63) is 57.3 Å². The highest BCUT2D eigenvalue weighted by molar-refractivity contribution is 7.10. The standard InChI is InChI=1S/C22H25F3N2O2S/c1-21(2,16-4-3-5-17(12-16)22(23,24)25)14-26-19(28)6-7-20(29)27-10-8-18-15(13-27)9-11-30-18/h3-5,9,11-12H,6-8,10,13-14H2,1-2H3,(H,26,28). The van der Waals surface area contributed by atoms with Crippen molar-refractivity contribution >= 4 is 23.2 Å². The number of benzene rings is 1. The first-order valence-electron chi connectivity index (χ1n) is 9.84. The van der Waals surface area contributed by atoms with Crippen LogP contribution in [0.15, 0.2) is 35.7 Å². The summed E-state index contributed by atoms with van der Waals surface area (Å²) in [6.07, 6.45) is -3.39. The fourth-order valence-electron chi connectivity index (χ4n) is 3.47. The third-order valence-corrected chi connectivity index (χ3v) is 6.45. The lowest BCUT2D eigenvalue weighted by Gasteiger charge is -2.28. The summed E-state index contributed by atoms with van der Waals surface area (Å²) in [6.45, 7) is 4.99. The summed E-state index contributed by atoms with van der Waals surface area (Å²) < 4.78 is 38.9. The van der Waals surface area contributed by atoms with E-state index in [-0.39, 0.29) is 31.2 Å². The van der Waals surface area contributed by atoms with Crippen molar-refractivity contribution in [2.45, 2.75) is 51.2 Å². The lowest BCUT2D eigenvalue weighted by atomic mass is 9.83. The van der Waals surface area contributed by atoms with Gasteiger partial charge in [-0.15, -0.1) is 11.3 Å². The molecule has 0 unspecified atom stereocenters. The number of halogens is 3. The van der Waals surface area contributed by atoms with Gasteiger partial charge >= 0.3 is 6.18 Å². The van der Waals surface area contributed by atoms with E-state index in [1.165, 1.54) is 16.5 Å². The van der Waals surface area contributed by atoms with Crippen molar-refractivity contribution < 1.29 is 22.8 Å². The summed E-state index contributed by atoms with van der Waals surface area (Å²) in [5, 5.41) is 4.79. The molecule has 0 fully saturated rings. The van der Waals surface area contributed by atoms with Crippen molar-refractivity contribution in [3.8, 4) is 0 Å². The predicted molar refractivity (Wildman–Crippen MR) is 110 cm³/mol. The Morgan fingerprint density at radius 2 is 1.87 bits per heavy atom. The summed E-state index contributed by atoms with van der Waals surface area (Å²) in [5.74, 6) is -0.337. The summed E-state index contributed by atoms with van der Waals surface area (Å²) >= 11 is 1.70. The minimum Gasteiger partial charge on any atom is -0.355 e. The largest absolute Gasteiger partial charge is 0.416 e. The highest BCUT2D eigenvalue weighted by Crippen LogP contribution is 2.32. The number of carbonyl (C=O) groups excluding carboxylic acids is 2. The van der Waals surface area contributed by atoms with E-state index in [2.05, 4.69) is 5.32 Å². The highest BCUT2D eigenvalue weighted by atomic mass is 32.1. The molecular formula is C22H25F3N2O2S. The van der Waals surface area contributed by atoms with Crippen molar-refractivity contribution in [2.75, 3.05) is 13.1 Å². The van der Waals surface area contributed by atoms with Crippen LogP contribution in [-0.4, -0.2) is 29.8 Å². The van der Waals surface area contributed by atoms with Gasteiger partial charge in [-0.25, -0.2) is 0 Å². The molecule has 0 bridgehead atoms. The number of carbonyl (C=O) groups is 2. The number of thiophene rings is 1. The summed E-state index contributed by atoms with van der Waals surface area (Å²) in [7, 11) is 0. The molecule has 0 saturated heterocycles. The average molecular weight is 439 g/mol. The van der Waals surface area contributed by atoms with Gasteiger partial charge in [-0.3, -0.25) is 9.59 Å². The van der Waals surface area contributed by atoms with E-state index in [1.54, 1.807) is 36.2 Å². The summed E-state index contributed by atoms with van der Waals surface area (Å²) in [6, 6.07) is 7.17. The zero-order valence-electron chi connectivity index (χ0n) is 17.0. The summed E-state index contributed by atoms with van der Waals surface area (Å²) in [4.78, 5) is 27.7. The number of hydrogen-bond acceptors (Lipinski definition) is 3. The second kappa shape index (κ2) is 8.79. The van der Waals surface area contributed by atoms with Crippen LogP contribution < -0.4 is 5.32 Å². The van der Waals surface area contributed by atoms with Gasteiger partial charge in [-0.2, -0.15) is 13.2 Å². The van der Waals surface area contributed by atoms with Crippen LogP contribution in [-0.2, 0) is 34.1 Å². The van der Waals surface area contributed by atoms with Crippen LogP contribution in [0.4, 0.5) is 13.2 Å². The fraction of sp³-hybridized carbons (Fsp3) is 0.455. The number of amides is 2. The van der Waals surface area contributed by atoms with E-state index in [0.717, 1.165) is 18.6 Å².